The number of thioether (sulfide) groups is 2. The lowest BCUT2D eigenvalue weighted by Crippen LogP contribution is -2.46. The van der Waals surface area contributed by atoms with Gasteiger partial charge in [-0.25, -0.2) is 0 Å². The number of para-hydroxylation sites is 1. The van der Waals surface area contributed by atoms with Crippen molar-refractivity contribution in [1.82, 2.24) is 10.3 Å². The second kappa shape index (κ2) is 6.34. The second-order valence-corrected chi connectivity index (χ2v) is 7.49. The zero-order valence-electron chi connectivity index (χ0n) is 11.6. The number of aromatic amines is 1. The van der Waals surface area contributed by atoms with E-state index in [1.54, 1.807) is 23.5 Å². The highest BCUT2D eigenvalue weighted by molar-refractivity contribution is 8.03. The van der Waals surface area contributed by atoms with Crippen molar-refractivity contribution < 1.29 is 9.90 Å². The number of fused-ring (bicyclic) bond motifs is 1. The molecule has 0 saturated carbocycles. The smallest absolute Gasteiger partial charge is 0.267 e. The SMILES string of the molecule is O=C(NCC1(O)CSCCSC1)c1cc2ccccc2[nH]1. The summed E-state index contributed by atoms with van der Waals surface area (Å²) in [4.78, 5) is 15.3. The molecule has 1 aromatic carbocycles. The van der Waals surface area contributed by atoms with Crippen LogP contribution in [0.4, 0.5) is 0 Å². The molecule has 6 heteroatoms. The van der Waals surface area contributed by atoms with Crippen LogP contribution in [0.3, 0.4) is 0 Å². The molecular formula is C15H18N2O2S2. The number of amides is 1. The van der Waals surface area contributed by atoms with Gasteiger partial charge in [-0.05, 0) is 12.1 Å². The maximum atomic E-state index is 12.2. The molecule has 21 heavy (non-hydrogen) atoms. The largest absolute Gasteiger partial charge is 0.386 e. The predicted octanol–water partition coefficient (Wildman–Crippen LogP) is 2.11. The molecule has 2 heterocycles. The molecule has 1 aliphatic rings. The summed E-state index contributed by atoms with van der Waals surface area (Å²) in [7, 11) is 0. The molecule has 3 N–H and O–H groups in total. The van der Waals surface area contributed by atoms with Crippen LogP contribution in [0.15, 0.2) is 30.3 Å². The van der Waals surface area contributed by atoms with Gasteiger partial charge in [-0.15, -0.1) is 0 Å². The number of carbonyl (C=O) groups is 1. The van der Waals surface area contributed by atoms with Crippen LogP contribution in [-0.2, 0) is 0 Å². The average Bonchev–Trinajstić information content (AvgIpc) is 2.81. The van der Waals surface area contributed by atoms with Gasteiger partial charge in [-0.1, -0.05) is 18.2 Å². The van der Waals surface area contributed by atoms with Gasteiger partial charge in [0.2, 0.25) is 0 Å². The minimum Gasteiger partial charge on any atom is -0.386 e. The second-order valence-electron chi connectivity index (χ2n) is 5.28. The van der Waals surface area contributed by atoms with Crippen LogP contribution in [0.5, 0.6) is 0 Å². The number of nitrogens with one attached hydrogen (secondary N) is 2. The van der Waals surface area contributed by atoms with E-state index in [0.29, 0.717) is 23.7 Å². The van der Waals surface area contributed by atoms with Gasteiger partial charge in [0.1, 0.15) is 5.69 Å². The van der Waals surface area contributed by atoms with Crippen LogP contribution in [0.1, 0.15) is 10.5 Å². The third-order valence-electron chi connectivity index (χ3n) is 3.47. The summed E-state index contributed by atoms with van der Waals surface area (Å²) >= 11 is 3.49. The molecular weight excluding hydrogens is 304 g/mol. The fourth-order valence-corrected chi connectivity index (χ4v) is 4.85. The summed E-state index contributed by atoms with van der Waals surface area (Å²) in [6.45, 7) is 0.293. The van der Waals surface area contributed by atoms with Crippen LogP contribution in [0.25, 0.3) is 10.9 Å². The van der Waals surface area contributed by atoms with Crippen molar-refractivity contribution in [3.05, 3.63) is 36.0 Å². The lowest BCUT2D eigenvalue weighted by Gasteiger charge is -2.25. The highest BCUT2D eigenvalue weighted by atomic mass is 32.2. The van der Waals surface area contributed by atoms with E-state index in [4.69, 9.17) is 0 Å². The summed E-state index contributed by atoms with van der Waals surface area (Å²) in [6, 6.07) is 9.63. The maximum Gasteiger partial charge on any atom is 0.267 e. The number of aromatic nitrogens is 1. The van der Waals surface area contributed by atoms with Crippen LogP contribution in [-0.4, -0.2) is 51.2 Å². The Morgan fingerprint density at radius 2 is 2.00 bits per heavy atom. The normalized spacial score (nSPS) is 18.3. The number of rotatable bonds is 3. The molecule has 1 fully saturated rings. The van der Waals surface area contributed by atoms with Crippen LogP contribution >= 0.6 is 23.5 Å². The molecule has 0 spiro atoms. The maximum absolute atomic E-state index is 12.2. The zero-order chi connectivity index (χ0) is 14.7. The Bertz CT molecular complexity index is 600. The standard InChI is InChI=1S/C15H18N2O2S2/c18-14(13-7-11-3-1-2-4-12(11)17-13)16-8-15(19)9-20-5-6-21-10-15/h1-4,7,17,19H,5-6,8-10H2,(H,16,18). The first-order valence-electron chi connectivity index (χ1n) is 6.90. The molecule has 0 aliphatic carbocycles. The quantitative estimate of drug-likeness (QED) is 0.810. The Balaban J connectivity index is 1.65. The molecule has 112 valence electrons. The minimum absolute atomic E-state index is 0.168. The van der Waals surface area contributed by atoms with E-state index in [1.807, 2.05) is 30.3 Å². The number of aliphatic hydroxyl groups is 1. The van der Waals surface area contributed by atoms with Crippen molar-refractivity contribution in [2.75, 3.05) is 29.6 Å². The number of carbonyl (C=O) groups excluding carboxylic acids is 1. The number of benzene rings is 1. The van der Waals surface area contributed by atoms with E-state index in [1.165, 1.54) is 0 Å². The topological polar surface area (TPSA) is 65.1 Å². The highest BCUT2D eigenvalue weighted by Crippen LogP contribution is 2.24. The van der Waals surface area contributed by atoms with Gasteiger partial charge in [-0.3, -0.25) is 4.79 Å². The summed E-state index contributed by atoms with van der Waals surface area (Å²) < 4.78 is 0. The van der Waals surface area contributed by atoms with E-state index in [9.17, 15) is 9.90 Å². The van der Waals surface area contributed by atoms with Crippen LogP contribution in [0.2, 0.25) is 0 Å². The van der Waals surface area contributed by atoms with E-state index in [2.05, 4.69) is 10.3 Å². The molecule has 1 amide bonds. The van der Waals surface area contributed by atoms with Gasteiger partial charge in [-0.2, -0.15) is 23.5 Å². The zero-order valence-corrected chi connectivity index (χ0v) is 13.2. The van der Waals surface area contributed by atoms with Crippen molar-refractivity contribution in [2.45, 2.75) is 5.60 Å². The third kappa shape index (κ3) is 3.56. The summed E-state index contributed by atoms with van der Waals surface area (Å²) in [6.07, 6.45) is 0. The molecule has 2 aromatic rings. The lowest BCUT2D eigenvalue weighted by atomic mass is 10.1. The summed E-state index contributed by atoms with van der Waals surface area (Å²) in [5, 5.41) is 14.4. The molecule has 3 rings (SSSR count). The molecule has 1 aliphatic heterocycles. The Morgan fingerprint density at radius 1 is 1.29 bits per heavy atom. The van der Waals surface area contributed by atoms with Gasteiger partial charge >= 0.3 is 0 Å². The van der Waals surface area contributed by atoms with Crippen molar-refractivity contribution in [1.29, 1.82) is 0 Å². The van der Waals surface area contributed by atoms with Gasteiger partial charge in [0, 0.05) is 40.5 Å². The van der Waals surface area contributed by atoms with Crippen LogP contribution in [0, 0.1) is 0 Å². The Labute approximate surface area is 132 Å². The van der Waals surface area contributed by atoms with E-state index >= 15 is 0 Å². The molecule has 4 nitrogen and oxygen atoms in total. The minimum atomic E-state index is -0.812. The molecule has 0 radical (unpaired) electrons. The molecule has 1 aromatic heterocycles. The van der Waals surface area contributed by atoms with Gasteiger partial charge in [0.15, 0.2) is 0 Å². The third-order valence-corrected chi connectivity index (χ3v) is 6.19. The van der Waals surface area contributed by atoms with Crippen molar-refractivity contribution >= 4 is 40.3 Å². The summed E-state index contributed by atoms with van der Waals surface area (Å²) in [5.74, 6) is 3.30. The number of hydrogen-bond donors (Lipinski definition) is 3. The predicted molar refractivity (Wildman–Crippen MR) is 90.2 cm³/mol. The van der Waals surface area contributed by atoms with Crippen LogP contribution < -0.4 is 5.32 Å². The van der Waals surface area contributed by atoms with Gasteiger partial charge in [0.05, 0.1) is 5.60 Å². The first-order valence-corrected chi connectivity index (χ1v) is 9.21. The average molecular weight is 322 g/mol. The Hall–Kier alpha value is -1.11. The first-order chi connectivity index (χ1) is 10.2. The van der Waals surface area contributed by atoms with E-state index < -0.39 is 5.60 Å². The Kier molecular flexibility index (Phi) is 4.47. The molecule has 0 atom stereocenters. The molecule has 1 saturated heterocycles. The first kappa shape index (κ1) is 14.8. The molecule has 0 unspecified atom stereocenters. The number of hydrogen-bond acceptors (Lipinski definition) is 4. The number of H-pyrrole nitrogens is 1. The Morgan fingerprint density at radius 3 is 2.71 bits per heavy atom. The summed E-state index contributed by atoms with van der Waals surface area (Å²) in [5.41, 5.74) is 0.670. The van der Waals surface area contributed by atoms with Gasteiger partial charge < -0.3 is 15.4 Å². The van der Waals surface area contributed by atoms with Crippen molar-refractivity contribution in [2.24, 2.45) is 0 Å². The lowest BCUT2D eigenvalue weighted by molar-refractivity contribution is 0.0751. The molecule has 0 bridgehead atoms. The fourth-order valence-electron chi connectivity index (χ4n) is 2.32. The van der Waals surface area contributed by atoms with E-state index in [0.717, 1.165) is 22.4 Å². The van der Waals surface area contributed by atoms with E-state index in [-0.39, 0.29) is 5.91 Å². The monoisotopic (exact) mass is 322 g/mol. The van der Waals surface area contributed by atoms with Gasteiger partial charge in [0.25, 0.3) is 5.91 Å². The van der Waals surface area contributed by atoms with Crippen molar-refractivity contribution in [3.63, 3.8) is 0 Å². The van der Waals surface area contributed by atoms with Crippen molar-refractivity contribution in [3.8, 4) is 0 Å². The highest BCUT2D eigenvalue weighted by Gasteiger charge is 2.29. The fraction of sp³-hybridized carbons (Fsp3) is 0.400.